The van der Waals surface area contributed by atoms with E-state index in [2.05, 4.69) is 71.3 Å². The van der Waals surface area contributed by atoms with Crippen LogP contribution in [-0.2, 0) is 9.59 Å². The lowest BCUT2D eigenvalue weighted by atomic mass is 9.33. The molecule has 7 atom stereocenters. The van der Waals surface area contributed by atoms with Gasteiger partial charge in [0.1, 0.15) is 5.78 Å². The van der Waals surface area contributed by atoms with Crippen molar-refractivity contribution in [2.45, 2.75) is 120 Å². The van der Waals surface area contributed by atoms with E-state index < -0.39 is 0 Å². The molecule has 1 heterocycles. The van der Waals surface area contributed by atoms with Gasteiger partial charge in [-0.3, -0.25) is 9.59 Å². The molecule has 224 valence electrons. The van der Waals surface area contributed by atoms with Crippen LogP contribution < -0.4 is 0 Å². The molecule has 4 heteroatoms. The second-order valence-corrected chi connectivity index (χ2v) is 17.2. The smallest absolute Gasteiger partial charge is 0.229 e. The van der Waals surface area contributed by atoms with Gasteiger partial charge in [-0.25, -0.2) is 0 Å². The van der Waals surface area contributed by atoms with E-state index in [0.29, 0.717) is 29.4 Å². The standard InChI is InChI=1S/C36H58N2O2/c1-9-37-20-22-38(23-21-37)30(40)36-18-16-31(2,3)24-26(36)25-10-11-28-33(6)14-13-29(39)32(4,5)27(33)12-15-35(28,8)34(25,7)17-19-36/h10,26-28H,9,11-24H2,1-8H3/t26-,27+,28-,33+,34-,35-,36+/m1/s1. The first-order valence-electron chi connectivity index (χ1n) is 16.9. The summed E-state index contributed by atoms with van der Waals surface area (Å²) in [5.74, 6) is 2.45. The predicted octanol–water partition coefficient (Wildman–Crippen LogP) is 7.52. The number of ketones is 1. The number of carbonyl (C=O) groups excluding carboxylic acids is 2. The van der Waals surface area contributed by atoms with E-state index in [1.54, 1.807) is 5.57 Å². The highest BCUT2D eigenvalue weighted by Gasteiger charge is 2.69. The maximum absolute atomic E-state index is 14.6. The minimum atomic E-state index is -0.210. The van der Waals surface area contributed by atoms with Crippen molar-refractivity contribution in [1.82, 2.24) is 9.80 Å². The summed E-state index contributed by atoms with van der Waals surface area (Å²) in [4.78, 5) is 32.5. The van der Waals surface area contributed by atoms with Crippen LogP contribution in [0.25, 0.3) is 0 Å². The third-order valence-corrected chi connectivity index (χ3v) is 14.9. The Kier molecular flexibility index (Phi) is 6.63. The summed E-state index contributed by atoms with van der Waals surface area (Å²) in [7, 11) is 0. The molecule has 1 saturated heterocycles. The summed E-state index contributed by atoms with van der Waals surface area (Å²) in [6.45, 7) is 24.4. The van der Waals surface area contributed by atoms with Gasteiger partial charge >= 0.3 is 0 Å². The monoisotopic (exact) mass is 550 g/mol. The first kappa shape index (κ1) is 28.9. The molecular formula is C36H58N2O2. The van der Waals surface area contributed by atoms with Gasteiger partial charge in [-0.1, -0.05) is 67.0 Å². The minimum absolute atomic E-state index is 0.137. The largest absolute Gasteiger partial charge is 0.340 e. The van der Waals surface area contributed by atoms with Crippen molar-refractivity contribution in [1.29, 1.82) is 0 Å². The Morgan fingerprint density at radius 3 is 2.23 bits per heavy atom. The zero-order chi connectivity index (χ0) is 28.9. The molecule has 6 aliphatic rings. The van der Waals surface area contributed by atoms with Crippen LogP contribution in [0.15, 0.2) is 11.6 Å². The molecule has 4 saturated carbocycles. The number of carbonyl (C=O) groups is 2. The van der Waals surface area contributed by atoms with Crippen molar-refractivity contribution in [3.63, 3.8) is 0 Å². The number of Topliss-reactive ketones (excluding diaryl/α,β-unsaturated/α-hetero) is 1. The number of nitrogens with zero attached hydrogens (tertiary/aromatic N) is 2. The number of piperazine rings is 1. The third kappa shape index (κ3) is 3.78. The first-order valence-corrected chi connectivity index (χ1v) is 16.9. The predicted molar refractivity (Wildman–Crippen MR) is 163 cm³/mol. The highest BCUT2D eigenvalue weighted by molar-refractivity contribution is 5.86. The quantitative estimate of drug-likeness (QED) is 0.334. The molecule has 5 fully saturated rings. The van der Waals surface area contributed by atoms with Crippen molar-refractivity contribution in [2.75, 3.05) is 32.7 Å². The number of hydrogen-bond donors (Lipinski definition) is 0. The lowest BCUT2D eigenvalue weighted by molar-refractivity contribution is -0.188. The fourth-order valence-electron chi connectivity index (χ4n) is 12.0. The maximum atomic E-state index is 14.6. The molecule has 0 N–H and O–H groups in total. The van der Waals surface area contributed by atoms with E-state index in [0.717, 1.165) is 84.1 Å². The molecule has 4 nitrogen and oxygen atoms in total. The summed E-state index contributed by atoms with van der Waals surface area (Å²) in [6, 6.07) is 0. The van der Waals surface area contributed by atoms with E-state index in [9.17, 15) is 9.59 Å². The number of fused-ring (bicyclic) bond motifs is 7. The van der Waals surface area contributed by atoms with Gasteiger partial charge in [0.25, 0.3) is 0 Å². The van der Waals surface area contributed by atoms with E-state index >= 15 is 0 Å². The van der Waals surface area contributed by atoms with Gasteiger partial charge in [-0.15, -0.1) is 0 Å². The fraction of sp³-hybridized carbons (Fsp3) is 0.889. The van der Waals surface area contributed by atoms with Gasteiger partial charge < -0.3 is 9.80 Å². The maximum Gasteiger partial charge on any atom is 0.229 e. The Labute approximate surface area is 245 Å². The minimum Gasteiger partial charge on any atom is -0.340 e. The van der Waals surface area contributed by atoms with E-state index in [4.69, 9.17) is 0 Å². The normalized spacial score (nSPS) is 46.4. The van der Waals surface area contributed by atoms with Gasteiger partial charge in [0, 0.05) is 38.0 Å². The summed E-state index contributed by atoms with van der Waals surface area (Å²) < 4.78 is 0. The summed E-state index contributed by atoms with van der Waals surface area (Å²) in [5, 5.41) is 0. The van der Waals surface area contributed by atoms with E-state index in [1.165, 1.54) is 12.8 Å². The zero-order valence-electron chi connectivity index (χ0n) is 27.1. The average molecular weight is 551 g/mol. The molecule has 6 rings (SSSR count). The highest BCUT2D eigenvalue weighted by atomic mass is 16.2. The second kappa shape index (κ2) is 9.17. The summed E-state index contributed by atoms with van der Waals surface area (Å²) in [6.07, 6.45) is 13.6. The number of likely N-dealkylation sites (N-methyl/N-ethyl adjacent to an activating group) is 1. The van der Waals surface area contributed by atoms with Crippen LogP contribution in [0.2, 0.25) is 0 Å². The fourth-order valence-corrected chi connectivity index (χ4v) is 12.0. The molecule has 1 amide bonds. The molecule has 0 aromatic heterocycles. The molecule has 5 aliphatic carbocycles. The summed E-state index contributed by atoms with van der Waals surface area (Å²) >= 11 is 0. The van der Waals surface area contributed by atoms with Gasteiger partial charge in [0.15, 0.2) is 0 Å². The van der Waals surface area contributed by atoms with Crippen LogP contribution in [0, 0.1) is 50.2 Å². The molecule has 0 spiro atoms. The van der Waals surface area contributed by atoms with Crippen molar-refractivity contribution in [3.05, 3.63) is 11.6 Å². The Bertz CT molecular complexity index is 1100. The van der Waals surface area contributed by atoms with Crippen LogP contribution in [-0.4, -0.2) is 54.2 Å². The second-order valence-electron chi connectivity index (χ2n) is 17.2. The van der Waals surface area contributed by atoms with Crippen molar-refractivity contribution >= 4 is 11.7 Å². The van der Waals surface area contributed by atoms with Gasteiger partial charge in [-0.05, 0) is 104 Å². The van der Waals surface area contributed by atoms with Gasteiger partial charge in [-0.2, -0.15) is 0 Å². The van der Waals surface area contributed by atoms with Crippen LogP contribution in [0.1, 0.15) is 120 Å². The molecule has 1 aliphatic heterocycles. The summed E-state index contributed by atoms with van der Waals surface area (Å²) in [5.41, 5.74) is 2.11. The SMILES string of the molecule is CCN1CCN(C(=O)[C@]23CCC(C)(C)C[C@@H]2C2=CC[C@@H]4[C@@]5(C)CCC(=O)C(C)(C)[C@@H]5CC[C@@]4(C)[C@]2(C)CC3)CC1. The molecule has 0 unspecified atom stereocenters. The van der Waals surface area contributed by atoms with Crippen LogP contribution in [0.5, 0.6) is 0 Å². The Morgan fingerprint density at radius 1 is 0.875 bits per heavy atom. The van der Waals surface area contributed by atoms with Crippen molar-refractivity contribution in [2.24, 2.45) is 50.2 Å². The lowest BCUT2D eigenvalue weighted by Crippen LogP contribution is -2.65. The van der Waals surface area contributed by atoms with Crippen LogP contribution in [0.4, 0.5) is 0 Å². The number of allylic oxidation sites excluding steroid dienone is 2. The Balaban J connectivity index is 1.38. The van der Waals surface area contributed by atoms with Crippen molar-refractivity contribution < 1.29 is 9.59 Å². The lowest BCUT2D eigenvalue weighted by Gasteiger charge is -2.70. The molecule has 0 bridgehead atoms. The van der Waals surface area contributed by atoms with Gasteiger partial charge in [0.05, 0.1) is 5.41 Å². The molecular weight excluding hydrogens is 492 g/mol. The number of rotatable bonds is 2. The molecule has 40 heavy (non-hydrogen) atoms. The van der Waals surface area contributed by atoms with Crippen LogP contribution >= 0.6 is 0 Å². The van der Waals surface area contributed by atoms with Crippen LogP contribution in [0.3, 0.4) is 0 Å². The highest BCUT2D eigenvalue weighted by Crippen LogP contribution is 2.75. The van der Waals surface area contributed by atoms with E-state index in [1.807, 2.05) is 0 Å². The Morgan fingerprint density at radius 2 is 1.55 bits per heavy atom. The topological polar surface area (TPSA) is 40.6 Å². The number of amides is 1. The van der Waals surface area contributed by atoms with Crippen molar-refractivity contribution in [3.8, 4) is 0 Å². The Hall–Kier alpha value is -1.16. The number of hydrogen-bond acceptors (Lipinski definition) is 3. The molecule has 0 radical (unpaired) electrons. The zero-order valence-corrected chi connectivity index (χ0v) is 27.1. The van der Waals surface area contributed by atoms with Gasteiger partial charge in [0.2, 0.25) is 5.91 Å². The van der Waals surface area contributed by atoms with E-state index in [-0.39, 0.29) is 32.5 Å². The average Bonchev–Trinajstić information content (AvgIpc) is 2.91. The first-order chi connectivity index (χ1) is 18.6. The third-order valence-electron chi connectivity index (χ3n) is 14.9. The molecule has 0 aromatic rings. The molecule has 0 aromatic carbocycles.